The summed E-state index contributed by atoms with van der Waals surface area (Å²) in [6, 6.07) is 4.20. The molecule has 0 fully saturated rings. The van der Waals surface area contributed by atoms with E-state index in [4.69, 9.17) is 10.5 Å². The highest BCUT2D eigenvalue weighted by Crippen LogP contribution is 2.27. The molecule has 0 aliphatic rings. The second kappa shape index (κ2) is 4.06. The van der Waals surface area contributed by atoms with Gasteiger partial charge in [0.15, 0.2) is 0 Å². The molecular formula is C9H12N2O3. The Morgan fingerprint density at radius 1 is 1.57 bits per heavy atom. The Hall–Kier alpha value is -1.62. The van der Waals surface area contributed by atoms with Crippen molar-refractivity contribution in [1.82, 2.24) is 0 Å². The van der Waals surface area contributed by atoms with E-state index >= 15 is 0 Å². The monoisotopic (exact) mass is 196 g/mol. The minimum Gasteiger partial charge on any atom is -0.496 e. The number of hydrogen-bond acceptors (Lipinski definition) is 4. The van der Waals surface area contributed by atoms with Crippen LogP contribution in [0, 0.1) is 10.1 Å². The lowest BCUT2D eigenvalue weighted by atomic mass is 10.1. The number of nitro benzene ring substituents is 1. The van der Waals surface area contributed by atoms with Gasteiger partial charge in [-0.1, -0.05) is 0 Å². The Labute approximate surface area is 81.6 Å². The summed E-state index contributed by atoms with van der Waals surface area (Å²) in [5, 5.41) is 10.5. The lowest BCUT2D eigenvalue weighted by molar-refractivity contribution is -0.384. The predicted molar refractivity (Wildman–Crippen MR) is 52.3 cm³/mol. The zero-order valence-corrected chi connectivity index (χ0v) is 8.06. The molecule has 0 bridgehead atoms. The molecule has 0 aliphatic carbocycles. The largest absolute Gasteiger partial charge is 0.496 e. The van der Waals surface area contributed by atoms with E-state index < -0.39 is 4.92 Å². The molecular weight excluding hydrogens is 184 g/mol. The molecule has 0 amide bonds. The quantitative estimate of drug-likeness (QED) is 0.588. The second-order valence-corrected chi connectivity index (χ2v) is 2.97. The molecule has 0 heterocycles. The molecule has 0 spiro atoms. The molecule has 14 heavy (non-hydrogen) atoms. The Morgan fingerprint density at radius 3 is 2.64 bits per heavy atom. The van der Waals surface area contributed by atoms with Gasteiger partial charge in [-0.3, -0.25) is 10.1 Å². The zero-order valence-electron chi connectivity index (χ0n) is 8.06. The normalized spacial score (nSPS) is 12.2. The number of hydrogen-bond donors (Lipinski definition) is 1. The van der Waals surface area contributed by atoms with Crippen LogP contribution in [0.5, 0.6) is 5.75 Å². The van der Waals surface area contributed by atoms with Crippen LogP contribution in [0.15, 0.2) is 18.2 Å². The number of nitrogens with zero attached hydrogens (tertiary/aromatic N) is 1. The molecule has 0 aromatic heterocycles. The fraction of sp³-hybridized carbons (Fsp3) is 0.333. The summed E-state index contributed by atoms with van der Waals surface area (Å²) in [5.41, 5.74) is 6.43. The van der Waals surface area contributed by atoms with Crippen LogP contribution < -0.4 is 10.5 Å². The van der Waals surface area contributed by atoms with Crippen molar-refractivity contribution in [2.45, 2.75) is 13.0 Å². The SMILES string of the molecule is COc1cc([N+](=O)[O-])ccc1C(C)N. The van der Waals surface area contributed by atoms with Crippen LogP contribution in [0.2, 0.25) is 0 Å². The van der Waals surface area contributed by atoms with E-state index in [0.717, 1.165) is 5.56 Å². The van der Waals surface area contributed by atoms with Crippen molar-refractivity contribution < 1.29 is 9.66 Å². The first-order valence-electron chi connectivity index (χ1n) is 4.14. The number of ether oxygens (including phenoxy) is 1. The molecule has 0 saturated carbocycles. The molecule has 1 unspecified atom stereocenters. The van der Waals surface area contributed by atoms with Crippen LogP contribution in [0.1, 0.15) is 18.5 Å². The van der Waals surface area contributed by atoms with Crippen LogP contribution in [0.3, 0.4) is 0 Å². The molecule has 1 aromatic carbocycles. The highest BCUT2D eigenvalue weighted by molar-refractivity contribution is 5.45. The maximum atomic E-state index is 10.5. The lowest BCUT2D eigenvalue weighted by Gasteiger charge is -2.10. The van der Waals surface area contributed by atoms with Crippen LogP contribution >= 0.6 is 0 Å². The number of methoxy groups -OCH3 is 1. The Bertz CT molecular complexity index is 350. The van der Waals surface area contributed by atoms with E-state index in [0.29, 0.717) is 5.75 Å². The first kappa shape index (κ1) is 10.5. The summed E-state index contributed by atoms with van der Waals surface area (Å²) in [6.45, 7) is 1.80. The molecule has 0 aliphatic heterocycles. The van der Waals surface area contributed by atoms with Crippen molar-refractivity contribution in [2.75, 3.05) is 7.11 Å². The van der Waals surface area contributed by atoms with E-state index in [1.54, 1.807) is 13.0 Å². The number of non-ortho nitro benzene ring substituents is 1. The third kappa shape index (κ3) is 2.00. The first-order valence-corrected chi connectivity index (χ1v) is 4.14. The fourth-order valence-corrected chi connectivity index (χ4v) is 1.19. The summed E-state index contributed by atoms with van der Waals surface area (Å²) < 4.78 is 5.01. The Balaban J connectivity index is 3.18. The van der Waals surface area contributed by atoms with Gasteiger partial charge in [-0.2, -0.15) is 0 Å². The van der Waals surface area contributed by atoms with Gasteiger partial charge in [0, 0.05) is 17.7 Å². The third-order valence-corrected chi connectivity index (χ3v) is 1.92. The van der Waals surface area contributed by atoms with E-state index in [1.807, 2.05) is 0 Å². The minimum atomic E-state index is -0.465. The van der Waals surface area contributed by atoms with Crippen LogP contribution in [-0.4, -0.2) is 12.0 Å². The molecule has 76 valence electrons. The molecule has 0 radical (unpaired) electrons. The average molecular weight is 196 g/mol. The summed E-state index contributed by atoms with van der Waals surface area (Å²) >= 11 is 0. The van der Waals surface area contributed by atoms with Crippen molar-refractivity contribution in [1.29, 1.82) is 0 Å². The molecule has 1 aromatic rings. The first-order chi connectivity index (χ1) is 6.56. The highest BCUT2D eigenvalue weighted by Gasteiger charge is 2.13. The van der Waals surface area contributed by atoms with E-state index in [1.165, 1.54) is 19.2 Å². The fourth-order valence-electron chi connectivity index (χ4n) is 1.19. The lowest BCUT2D eigenvalue weighted by Crippen LogP contribution is -2.07. The summed E-state index contributed by atoms with van der Waals surface area (Å²) in [6.07, 6.45) is 0. The van der Waals surface area contributed by atoms with Crippen LogP contribution in [0.4, 0.5) is 5.69 Å². The summed E-state index contributed by atoms with van der Waals surface area (Å²) in [7, 11) is 1.46. The van der Waals surface area contributed by atoms with Crippen molar-refractivity contribution in [3.05, 3.63) is 33.9 Å². The van der Waals surface area contributed by atoms with Crippen LogP contribution in [-0.2, 0) is 0 Å². The predicted octanol–water partition coefficient (Wildman–Crippen LogP) is 1.62. The molecule has 5 nitrogen and oxygen atoms in total. The number of nitrogens with two attached hydrogens (primary N) is 1. The Kier molecular flexibility index (Phi) is 3.03. The Morgan fingerprint density at radius 2 is 2.21 bits per heavy atom. The van der Waals surface area contributed by atoms with E-state index in [2.05, 4.69) is 0 Å². The topological polar surface area (TPSA) is 78.4 Å². The van der Waals surface area contributed by atoms with Gasteiger partial charge in [0.25, 0.3) is 5.69 Å². The number of nitro groups is 1. The number of benzene rings is 1. The van der Waals surface area contributed by atoms with Gasteiger partial charge in [0.2, 0.25) is 0 Å². The maximum Gasteiger partial charge on any atom is 0.273 e. The van der Waals surface area contributed by atoms with Crippen molar-refractivity contribution in [3.8, 4) is 5.75 Å². The number of rotatable bonds is 3. The maximum absolute atomic E-state index is 10.5. The molecule has 2 N–H and O–H groups in total. The van der Waals surface area contributed by atoms with Crippen molar-refractivity contribution in [3.63, 3.8) is 0 Å². The van der Waals surface area contributed by atoms with Crippen LogP contribution in [0.25, 0.3) is 0 Å². The molecule has 0 saturated heterocycles. The van der Waals surface area contributed by atoms with Crippen molar-refractivity contribution in [2.24, 2.45) is 5.73 Å². The highest BCUT2D eigenvalue weighted by atomic mass is 16.6. The average Bonchev–Trinajstić information content (AvgIpc) is 2.16. The van der Waals surface area contributed by atoms with Gasteiger partial charge >= 0.3 is 0 Å². The second-order valence-electron chi connectivity index (χ2n) is 2.97. The standard InChI is InChI=1S/C9H12N2O3/c1-6(10)8-4-3-7(11(12)13)5-9(8)14-2/h3-6H,10H2,1-2H3. The molecule has 5 heteroatoms. The van der Waals surface area contributed by atoms with Gasteiger partial charge in [-0.15, -0.1) is 0 Å². The summed E-state index contributed by atoms with van der Waals surface area (Å²) in [5.74, 6) is 0.453. The zero-order chi connectivity index (χ0) is 10.7. The minimum absolute atomic E-state index is 0.00579. The summed E-state index contributed by atoms with van der Waals surface area (Å²) in [4.78, 5) is 10.0. The molecule has 1 rings (SSSR count). The van der Waals surface area contributed by atoms with Crippen molar-refractivity contribution >= 4 is 5.69 Å². The van der Waals surface area contributed by atoms with Gasteiger partial charge in [-0.05, 0) is 13.0 Å². The smallest absolute Gasteiger partial charge is 0.273 e. The van der Waals surface area contributed by atoms with E-state index in [-0.39, 0.29) is 11.7 Å². The van der Waals surface area contributed by atoms with Gasteiger partial charge < -0.3 is 10.5 Å². The van der Waals surface area contributed by atoms with Gasteiger partial charge in [0.1, 0.15) is 5.75 Å². The van der Waals surface area contributed by atoms with Gasteiger partial charge in [0.05, 0.1) is 18.1 Å². The molecule has 1 atom stereocenters. The third-order valence-electron chi connectivity index (χ3n) is 1.92. The van der Waals surface area contributed by atoms with E-state index in [9.17, 15) is 10.1 Å². The van der Waals surface area contributed by atoms with Gasteiger partial charge in [-0.25, -0.2) is 0 Å².